The summed E-state index contributed by atoms with van der Waals surface area (Å²) in [5.74, 6) is 0.695. The molecule has 3 rings (SSSR count). The lowest BCUT2D eigenvalue weighted by atomic mass is 9.92. The number of amides is 1. The lowest BCUT2D eigenvalue weighted by Gasteiger charge is -2.34. The zero-order valence-electron chi connectivity index (χ0n) is 14.1. The largest absolute Gasteiger partial charge is 0.338 e. The highest BCUT2D eigenvalue weighted by Gasteiger charge is 2.27. The first kappa shape index (κ1) is 18.8. The molecule has 3 nitrogen and oxygen atoms in total. The summed E-state index contributed by atoms with van der Waals surface area (Å²) in [5, 5.41) is 0. The Morgan fingerprint density at radius 1 is 1.26 bits per heavy atom. The summed E-state index contributed by atoms with van der Waals surface area (Å²) >= 11 is 1.75. The van der Waals surface area contributed by atoms with E-state index in [4.69, 9.17) is 5.73 Å². The third-order valence-electron chi connectivity index (χ3n) is 5.20. The second-order valence-corrected chi connectivity index (χ2v) is 8.12. The summed E-state index contributed by atoms with van der Waals surface area (Å²) in [7, 11) is 0. The topological polar surface area (TPSA) is 46.3 Å². The maximum atomic E-state index is 12.9. The molecule has 0 radical (unpaired) electrons. The van der Waals surface area contributed by atoms with Gasteiger partial charge in [0.1, 0.15) is 0 Å². The van der Waals surface area contributed by atoms with Gasteiger partial charge in [-0.25, -0.2) is 0 Å². The van der Waals surface area contributed by atoms with E-state index in [9.17, 15) is 4.79 Å². The van der Waals surface area contributed by atoms with Crippen LogP contribution in [0.25, 0.3) is 0 Å². The highest BCUT2D eigenvalue weighted by molar-refractivity contribution is 7.14. The van der Waals surface area contributed by atoms with Crippen molar-refractivity contribution in [3.05, 3.63) is 21.4 Å². The van der Waals surface area contributed by atoms with Gasteiger partial charge in [-0.3, -0.25) is 4.79 Å². The maximum absolute atomic E-state index is 12.9. The summed E-state index contributed by atoms with van der Waals surface area (Å²) in [6.45, 7) is 3.79. The van der Waals surface area contributed by atoms with Gasteiger partial charge in [0.15, 0.2) is 0 Å². The monoisotopic (exact) mass is 356 g/mol. The van der Waals surface area contributed by atoms with Crippen LogP contribution in [-0.2, 0) is 12.8 Å². The minimum atomic E-state index is 0. The molecule has 2 N–H and O–H groups in total. The molecule has 0 spiro atoms. The van der Waals surface area contributed by atoms with E-state index < -0.39 is 0 Å². The first-order valence-corrected chi connectivity index (χ1v) is 9.63. The first-order chi connectivity index (χ1) is 10.6. The van der Waals surface area contributed by atoms with E-state index in [2.05, 4.69) is 13.0 Å². The number of carbonyl (C=O) groups is 1. The van der Waals surface area contributed by atoms with Crippen molar-refractivity contribution in [2.45, 2.75) is 64.3 Å². The highest BCUT2D eigenvalue weighted by atomic mass is 35.5. The Morgan fingerprint density at radius 3 is 2.74 bits per heavy atom. The standard InChI is InChI=1S/C18H28N2OS.ClH/c1-13(19)15-8-6-10-20(12-15)18(21)17-11-14-7-4-2-3-5-9-16(14)22-17;/h11,13,15H,2-10,12,19H2,1H3;1H. The molecule has 0 aromatic carbocycles. The number of carbonyl (C=O) groups excluding carboxylic acids is 1. The molecule has 1 fully saturated rings. The Balaban J connectivity index is 0.00000192. The fraction of sp³-hybridized carbons (Fsp3) is 0.722. The van der Waals surface area contributed by atoms with Crippen molar-refractivity contribution >= 4 is 29.7 Å². The molecule has 1 aromatic heterocycles. The van der Waals surface area contributed by atoms with Crippen molar-refractivity contribution in [2.75, 3.05) is 13.1 Å². The van der Waals surface area contributed by atoms with Gasteiger partial charge in [0, 0.05) is 24.0 Å². The van der Waals surface area contributed by atoms with Gasteiger partial charge in [-0.1, -0.05) is 12.8 Å². The van der Waals surface area contributed by atoms with Crippen LogP contribution in [0.4, 0.5) is 0 Å². The first-order valence-electron chi connectivity index (χ1n) is 8.81. The molecule has 1 saturated heterocycles. The summed E-state index contributed by atoms with van der Waals surface area (Å²) < 4.78 is 0. The molecule has 1 aliphatic carbocycles. The number of nitrogens with two attached hydrogens (primary N) is 1. The molecule has 1 amide bonds. The minimum Gasteiger partial charge on any atom is -0.338 e. The summed E-state index contributed by atoms with van der Waals surface area (Å²) in [4.78, 5) is 17.3. The number of rotatable bonds is 2. The third-order valence-corrected chi connectivity index (χ3v) is 6.42. The molecule has 23 heavy (non-hydrogen) atoms. The van der Waals surface area contributed by atoms with E-state index in [1.165, 1.54) is 36.1 Å². The Bertz CT molecular complexity index is 504. The average molecular weight is 357 g/mol. The quantitative estimate of drug-likeness (QED) is 0.869. The van der Waals surface area contributed by atoms with Crippen molar-refractivity contribution in [3.63, 3.8) is 0 Å². The molecular weight excluding hydrogens is 328 g/mol. The van der Waals surface area contributed by atoms with Crippen LogP contribution in [0.15, 0.2) is 6.07 Å². The summed E-state index contributed by atoms with van der Waals surface area (Å²) in [6.07, 6.45) is 9.78. The van der Waals surface area contributed by atoms with Gasteiger partial charge < -0.3 is 10.6 Å². The molecule has 1 aromatic rings. The maximum Gasteiger partial charge on any atom is 0.263 e. The van der Waals surface area contributed by atoms with Crippen LogP contribution in [0, 0.1) is 5.92 Å². The molecule has 2 heterocycles. The molecule has 0 saturated carbocycles. The Morgan fingerprint density at radius 2 is 2.00 bits per heavy atom. The van der Waals surface area contributed by atoms with E-state index in [0.29, 0.717) is 5.92 Å². The zero-order valence-corrected chi connectivity index (χ0v) is 15.7. The minimum absolute atomic E-state index is 0. The number of hydrogen-bond donors (Lipinski definition) is 1. The lowest BCUT2D eigenvalue weighted by Crippen LogP contribution is -2.44. The lowest BCUT2D eigenvalue weighted by molar-refractivity contribution is 0.0666. The van der Waals surface area contributed by atoms with E-state index >= 15 is 0 Å². The van der Waals surface area contributed by atoms with Crippen molar-refractivity contribution < 1.29 is 4.79 Å². The van der Waals surface area contributed by atoms with Gasteiger partial charge in [-0.2, -0.15) is 0 Å². The average Bonchev–Trinajstić information content (AvgIpc) is 2.89. The van der Waals surface area contributed by atoms with Crippen LogP contribution in [0.1, 0.15) is 65.6 Å². The molecule has 1 aliphatic heterocycles. The highest BCUT2D eigenvalue weighted by Crippen LogP contribution is 2.30. The fourth-order valence-electron chi connectivity index (χ4n) is 3.73. The fourth-order valence-corrected chi connectivity index (χ4v) is 4.95. The van der Waals surface area contributed by atoms with E-state index in [0.717, 1.165) is 43.6 Å². The van der Waals surface area contributed by atoms with Crippen LogP contribution in [0.5, 0.6) is 0 Å². The number of thiophene rings is 1. The normalized spacial score (nSPS) is 23.2. The van der Waals surface area contributed by atoms with E-state index in [1.54, 1.807) is 11.3 Å². The van der Waals surface area contributed by atoms with E-state index in [-0.39, 0.29) is 24.4 Å². The van der Waals surface area contributed by atoms with Crippen molar-refractivity contribution in [1.82, 2.24) is 4.90 Å². The number of likely N-dealkylation sites (tertiary alicyclic amines) is 1. The summed E-state index contributed by atoms with van der Waals surface area (Å²) in [5.41, 5.74) is 7.49. The molecule has 2 atom stereocenters. The molecule has 5 heteroatoms. The predicted octanol–water partition coefficient (Wildman–Crippen LogP) is 4.03. The molecular formula is C18H29ClN2OS. The molecule has 2 unspecified atom stereocenters. The van der Waals surface area contributed by atoms with Crippen LogP contribution in [-0.4, -0.2) is 29.9 Å². The SMILES string of the molecule is CC(N)C1CCCN(C(=O)c2cc3c(s2)CCCCCC3)C1.Cl. The summed E-state index contributed by atoms with van der Waals surface area (Å²) in [6, 6.07) is 2.36. The Labute approximate surface area is 150 Å². The molecule has 130 valence electrons. The van der Waals surface area contributed by atoms with Crippen LogP contribution < -0.4 is 5.73 Å². The number of halogens is 1. The van der Waals surface area contributed by atoms with Crippen molar-refractivity contribution in [3.8, 4) is 0 Å². The predicted molar refractivity (Wildman–Crippen MR) is 99.7 cm³/mol. The van der Waals surface area contributed by atoms with E-state index in [1.807, 2.05) is 4.90 Å². The van der Waals surface area contributed by atoms with Crippen LogP contribution >= 0.6 is 23.7 Å². The molecule has 0 bridgehead atoms. The van der Waals surface area contributed by atoms with Gasteiger partial charge in [0.05, 0.1) is 4.88 Å². The van der Waals surface area contributed by atoms with Crippen LogP contribution in [0.2, 0.25) is 0 Å². The Hall–Kier alpha value is -0.580. The number of aryl methyl sites for hydroxylation is 2. The smallest absolute Gasteiger partial charge is 0.263 e. The second kappa shape index (κ2) is 8.50. The van der Waals surface area contributed by atoms with Crippen molar-refractivity contribution in [1.29, 1.82) is 0 Å². The number of fused-ring (bicyclic) bond motifs is 1. The number of piperidine rings is 1. The molecule has 2 aliphatic rings. The zero-order chi connectivity index (χ0) is 15.5. The number of hydrogen-bond acceptors (Lipinski definition) is 3. The van der Waals surface area contributed by atoms with Crippen molar-refractivity contribution in [2.24, 2.45) is 11.7 Å². The van der Waals surface area contributed by atoms with Gasteiger partial charge in [0.25, 0.3) is 5.91 Å². The van der Waals surface area contributed by atoms with Crippen LogP contribution in [0.3, 0.4) is 0 Å². The van der Waals surface area contributed by atoms with Gasteiger partial charge in [0.2, 0.25) is 0 Å². The number of nitrogens with zero attached hydrogens (tertiary/aromatic N) is 1. The van der Waals surface area contributed by atoms with Gasteiger partial charge in [-0.15, -0.1) is 23.7 Å². The third kappa shape index (κ3) is 4.49. The second-order valence-electron chi connectivity index (χ2n) is 6.99. The Kier molecular flexibility index (Phi) is 6.93. The van der Waals surface area contributed by atoms with Gasteiger partial charge in [-0.05, 0) is 63.0 Å². The van der Waals surface area contributed by atoms with Gasteiger partial charge >= 0.3 is 0 Å².